The number of rotatable bonds is 2. The Balaban J connectivity index is 3.17. The van der Waals surface area contributed by atoms with Crippen molar-refractivity contribution in [3.8, 4) is 0 Å². The van der Waals surface area contributed by atoms with E-state index in [9.17, 15) is 4.79 Å². The molecule has 0 amide bonds. The molecule has 1 aromatic heterocycles. The van der Waals surface area contributed by atoms with E-state index in [-0.39, 0.29) is 11.7 Å². The Hall–Kier alpha value is -1.42. The van der Waals surface area contributed by atoms with Gasteiger partial charge in [-0.1, -0.05) is 6.07 Å². The van der Waals surface area contributed by atoms with Crippen LogP contribution < -0.4 is 5.73 Å². The standard InChI is InChI=1S/C8H10N2O2/c1-5(9)6-3-2-4-10-7(6)8(11)12/h2-5H,9H2,1H3,(H,11,12). The van der Waals surface area contributed by atoms with Crippen LogP contribution in [0.25, 0.3) is 0 Å². The molecule has 4 nitrogen and oxygen atoms in total. The maximum Gasteiger partial charge on any atom is 0.354 e. The molecule has 0 aliphatic heterocycles. The normalized spacial score (nSPS) is 12.5. The smallest absolute Gasteiger partial charge is 0.354 e. The summed E-state index contributed by atoms with van der Waals surface area (Å²) in [6.45, 7) is 1.73. The van der Waals surface area contributed by atoms with Crippen LogP contribution in [-0.4, -0.2) is 16.1 Å². The number of aromatic nitrogens is 1. The van der Waals surface area contributed by atoms with E-state index in [4.69, 9.17) is 10.8 Å². The summed E-state index contributed by atoms with van der Waals surface area (Å²) in [5.41, 5.74) is 6.14. The van der Waals surface area contributed by atoms with Gasteiger partial charge in [0.15, 0.2) is 5.69 Å². The summed E-state index contributed by atoms with van der Waals surface area (Å²) in [6.07, 6.45) is 1.44. The van der Waals surface area contributed by atoms with E-state index in [0.717, 1.165) is 0 Å². The molecule has 1 atom stereocenters. The molecule has 1 aromatic rings. The Bertz CT molecular complexity index is 297. The summed E-state index contributed by atoms with van der Waals surface area (Å²) < 4.78 is 0. The first kappa shape index (κ1) is 8.67. The number of hydrogen-bond acceptors (Lipinski definition) is 3. The number of pyridine rings is 1. The molecule has 1 rings (SSSR count). The third kappa shape index (κ3) is 1.60. The van der Waals surface area contributed by atoms with Crippen molar-refractivity contribution in [3.05, 3.63) is 29.6 Å². The van der Waals surface area contributed by atoms with Gasteiger partial charge in [-0.2, -0.15) is 0 Å². The lowest BCUT2D eigenvalue weighted by molar-refractivity contribution is 0.0688. The van der Waals surface area contributed by atoms with Crippen LogP contribution in [0.2, 0.25) is 0 Å². The fourth-order valence-corrected chi connectivity index (χ4v) is 0.964. The zero-order valence-corrected chi connectivity index (χ0v) is 6.69. The first-order valence-corrected chi connectivity index (χ1v) is 3.56. The minimum absolute atomic E-state index is 0.0347. The predicted octanol–water partition coefficient (Wildman–Crippen LogP) is 0.800. The van der Waals surface area contributed by atoms with E-state index in [1.54, 1.807) is 19.1 Å². The molecule has 0 radical (unpaired) electrons. The Labute approximate surface area is 70.0 Å². The monoisotopic (exact) mass is 166 g/mol. The van der Waals surface area contributed by atoms with Crippen LogP contribution in [0.4, 0.5) is 0 Å². The predicted molar refractivity (Wildman–Crippen MR) is 43.8 cm³/mol. The average molecular weight is 166 g/mol. The van der Waals surface area contributed by atoms with Crippen LogP contribution in [0.3, 0.4) is 0 Å². The van der Waals surface area contributed by atoms with E-state index < -0.39 is 5.97 Å². The zero-order valence-electron chi connectivity index (χ0n) is 6.69. The van der Waals surface area contributed by atoms with Gasteiger partial charge in [0.05, 0.1) is 0 Å². The lowest BCUT2D eigenvalue weighted by Crippen LogP contribution is -2.13. The number of aromatic carboxylic acids is 1. The summed E-state index contributed by atoms with van der Waals surface area (Å²) in [5.74, 6) is -1.04. The SMILES string of the molecule is CC(N)c1cccnc1C(=O)O. The molecule has 0 bridgehead atoms. The molecule has 0 aliphatic carbocycles. The first-order chi connectivity index (χ1) is 5.63. The van der Waals surface area contributed by atoms with Crippen LogP contribution in [-0.2, 0) is 0 Å². The molecule has 12 heavy (non-hydrogen) atoms. The van der Waals surface area contributed by atoms with E-state index in [0.29, 0.717) is 5.56 Å². The van der Waals surface area contributed by atoms with E-state index in [2.05, 4.69) is 4.98 Å². The molecular formula is C8H10N2O2. The van der Waals surface area contributed by atoms with Crippen LogP contribution in [0.1, 0.15) is 29.0 Å². The number of nitrogens with zero attached hydrogens (tertiary/aromatic N) is 1. The van der Waals surface area contributed by atoms with Gasteiger partial charge >= 0.3 is 5.97 Å². The first-order valence-electron chi connectivity index (χ1n) is 3.56. The van der Waals surface area contributed by atoms with Gasteiger partial charge in [-0.3, -0.25) is 0 Å². The number of carboxylic acids is 1. The summed E-state index contributed by atoms with van der Waals surface area (Å²) in [7, 11) is 0. The third-order valence-electron chi connectivity index (χ3n) is 1.53. The van der Waals surface area contributed by atoms with Crippen molar-refractivity contribution >= 4 is 5.97 Å². The summed E-state index contributed by atoms with van der Waals surface area (Å²) in [4.78, 5) is 14.3. The van der Waals surface area contributed by atoms with E-state index in [1.165, 1.54) is 6.20 Å². The molecule has 4 heteroatoms. The number of nitrogens with two attached hydrogens (primary N) is 1. The Kier molecular flexibility index (Phi) is 2.40. The van der Waals surface area contributed by atoms with Crippen molar-refractivity contribution in [2.45, 2.75) is 13.0 Å². The Morgan fingerprint density at radius 1 is 1.75 bits per heavy atom. The number of carboxylic acid groups (broad SMARTS) is 1. The van der Waals surface area contributed by atoms with Crippen molar-refractivity contribution in [2.24, 2.45) is 5.73 Å². The highest BCUT2D eigenvalue weighted by Crippen LogP contribution is 2.12. The van der Waals surface area contributed by atoms with Crippen LogP contribution in [0.5, 0.6) is 0 Å². The van der Waals surface area contributed by atoms with Gasteiger partial charge in [-0.05, 0) is 13.0 Å². The summed E-state index contributed by atoms with van der Waals surface area (Å²) in [6, 6.07) is 3.04. The van der Waals surface area contributed by atoms with Gasteiger partial charge in [0, 0.05) is 17.8 Å². The number of carbonyl (C=O) groups is 1. The maximum atomic E-state index is 10.6. The minimum Gasteiger partial charge on any atom is -0.477 e. The van der Waals surface area contributed by atoms with Crippen LogP contribution in [0.15, 0.2) is 18.3 Å². The van der Waals surface area contributed by atoms with Gasteiger partial charge in [-0.25, -0.2) is 9.78 Å². The highest BCUT2D eigenvalue weighted by molar-refractivity contribution is 5.87. The Morgan fingerprint density at radius 3 is 2.83 bits per heavy atom. The lowest BCUT2D eigenvalue weighted by Gasteiger charge is -2.06. The van der Waals surface area contributed by atoms with Crippen LogP contribution in [0, 0.1) is 0 Å². The molecule has 0 aliphatic rings. The van der Waals surface area contributed by atoms with E-state index in [1.807, 2.05) is 0 Å². The quantitative estimate of drug-likeness (QED) is 0.681. The fourth-order valence-electron chi connectivity index (χ4n) is 0.964. The topological polar surface area (TPSA) is 76.2 Å². The van der Waals surface area contributed by atoms with Crippen molar-refractivity contribution < 1.29 is 9.90 Å². The second-order valence-corrected chi connectivity index (χ2v) is 2.54. The second kappa shape index (κ2) is 3.32. The van der Waals surface area contributed by atoms with Gasteiger partial charge in [0.2, 0.25) is 0 Å². The fraction of sp³-hybridized carbons (Fsp3) is 0.250. The molecule has 0 fully saturated rings. The Morgan fingerprint density at radius 2 is 2.42 bits per heavy atom. The van der Waals surface area contributed by atoms with Gasteiger partial charge < -0.3 is 10.8 Å². The lowest BCUT2D eigenvalue weighted by atomic mass is 10.1. The molecule has 64 valence electrons. The molecule has 1 unspecified atom stereocenters. The number of hydrogen-bond donors (Lipinski definition) is 2. The highest BCUT2D eigenvalue weighted by Gasteiger charge is 2.12. The molecule has 0 spiro atoms. The summed E-state index contributed by atoms with van der Waals surface area (Å²) in [5, 5.41) is 8.70. The largest absolute Gasteiger partial charge is 0.477 e. The summed E-state index contributed by atoms with van der Waals surface area (Å²) >= 11 is 0. The molecule has 1 heterocycles. The van der Waals surface area contributed by atoms with Gasteiger partial charge in [0.1, 0.15) is 0 Å². The second-order valence-electron chi connectivity index (χ2n) is 2.54. The van der Waals surface area contributed by atoms with Crippen molar-refractivity contribution in [1.82, 2.24) is 4.98 Å². The maximum absolute atomic E-state index is 10.6. The molecular weight excluding hydrogens is 156 g/mol. The third-order valence-corrected chi connectivity index (χ3v) is 1.53. The molecule has 3 N–H and O–H groups in total. The average Bonchev–Trinajstić information content (AvgIpc) is 2.04. The van der Waals surface area contributed by atoms with Crippen molar-refractivity contribution in [2.75, 3.05) is 0 Å². The van der Waals surface area contributed by atoms with E-state index >= 15 is 0 Å². The van der Waals surface area contributed by atoms with Gasteiger partial charge in [-0.15, -0.1) is 0 Å². The van der Waals surface area contributed by atoms with Crippen LogP contribution >= 0.6 is 0 Å². The molecule has 0 aromatic carbocycles. The minimum atomic E-state index is -1.04. The van der Waals surface area contributed by atoms with Crippen molar-refractivity contribution in [3.63, 3.8) is 0 Å². The van der Waals surface area contributed by atoms with Gasteiger partial charge in [0.25, 0.3) is 0 Å². The van der Waals surface area contributed by atoms with Crippen molar-refractivity contribution in [1.29, 1.82) is 0 Å². The molecule has 0 saturated carbocycles. The molecule has 0 saturated heterocycles. The zero-order chi connectivity index (χ0) is 9.14. The highest BCUT2D eigenvalue weighted by atomic mass is 16.4.